The Balaban J connectivity index is 1.50. The molecular weight excluding hydrogens is 278 g/mol. The van der Waals surface area contributed by atoms with Crippen LogP contribution in [0.1, 0.15) is 37.7 Å². The topological polar surface area (TPSA) is 55.4 Å². The summed E-state index contributed by atoms with van der Waals surface area (Å²) >= 11 is 0. The zero-order valence-corrected chi connectivity index (χ0v) is 12.9. The Kier molecular flexibility index (Phi) is 7.10. The number of rotatable bonds is 9. The number of aryl methyl sites for hydroxylation is 1. The van der Waals surface area contributed by atoms with E-state index in [0.717, 1.165) is 32.1 Å². The molecule has 1 heterocycles. The van der Waals surface area contributed by atoms with Crippen LogP contribution in [0.25, 0.3) is 0 Å². The van der Waals surface area contributed by atoms with Gasteiger partial charge in [0.15, 0.2) is 0 Å². The summed E-state index contributed by atoms with van der Waals surface area (Å²) in [6.45, 7) is 1.12. The molecule has 1 aliphatic rings. The highest BCUT2D eigenvalue weighted by Gasteiger charge is 2.34. The van der Waals surface area contributed by atoms with Crippen LogP contribution in [0.15, 0.2) is 30.3 Å². The number of carbonyl (C=O) groups is 1. The molecule has 119 valence electrons. The molecule has 1 radical (unpaired) electrons. The molecule has 2 unspecified atom stereocenters. The Morgan fingerprint density at radius 3 is 2.73 bits per heavy atom. The lowest BCUT2D eigenvalue weighted by atomic mass is 10.0. The zero-order chi connectivity index (χ0) is 15.6. The van der Waals surface area contributed by atoms with Crippen LogP contribution in [0.2, 0.25) is 0 Å². The first kappa shape index (κ1) is 16.7. The Hall–Kier alpha value is -1.68. The van der Waals surface area contributed by atoms with Crippen molar-refractivity contribution in [2.24, 2.45) is 5.92 Å². The van der Waals surface area contributed by atoms with Crippen LogP contribution in [0.4, 0.5) is 0 Å². The van der Waals surface area contributed by atoms with E-state index in [1.807, 2.05) is 12.4 Å². The van der Waals surface area contributed by atoms with Gasteiger partial charge in [0, 0.05) is 0 Å². The predicted molar refractivity (Wildman–Crippen MR) is 85.2 cm³/mol. The summed E-state index contributed by atoms with van der Waals surface area (Å²) in [6, 6.07) is 9.97. The summed E-state index contributed by atoms with van der Waals surface area (Å²) in [6.07, 6.45) is 7.92. The minimum Gasteiger partial charge on any atom is -0.465 e. The van der Waals surface area contributed by atoms with Crippen molar-refractivity contribution in [1.82, 2.24) is 5.32 Å². The molecule has 1 aliphatic heterocycles. The quantitative estimate of drug-likeness (QED) is 0.562. The third-order valence-electron chi connectivity index (χ3n) is 4.07. The van der Waals surface area contributed by atoms with Gasteiger partial charge in [-0.2, -0.15) is 0 Å². The predicted octanol–water partition coefficient (Wildman–Crippen LogP) is 2.42. The molecule has 1 fully saturated rings. The molecule has 1 aromatic rings. The van der Waals surface area contributed by atoms with Crippen LogP contribution in [-0.2, 0) is 20.7 Å². The van der Waals surface area contributed by atoms with Gasteiger partial charge in [-0.25, -0.2) is 0 Å². The van der Waals surface area contributed by atoms with Gasteiger partial charge in [0.2, 0.25) is 6.29 Å². The van der Waals surface area contributed by atoms with E-state index in [9.17, 15) is 9.59 Å². The molecule has 1 saturated heterocycles. The van der Waals surface area contributed by atoms with E-state index >= 15 is 0 Å². The minimum atomic E-state index is -0.490. The van der Waals surface area contributed by atoms with Crippen LogP contribution in [0, 0.1) is 5.92 Å². The smallest absolute Gasteiger partial charge is 0.323 e. The summed E-state index contributed by atoms with van der Waals surface area (Å²) in [5.74, 6) is -0.659. The molecule has 2 rings (SSSR count). The van der Waals surface area contributed by atoms with Gasteiger partial charge >= 0.3 is 5.97 Å². The van der Waals surface area contributed by atoms with Crippen LogP contribution in [0.3, 0.4) is 0 Å². The molecule has 1 aromatic carbocycles. The summed E-state index contributed by atoms with van der Waals surface area (Å²) in [5, 5.41) is 3.00. The second kappa shape index (κ2) is 9.36. The number of hydrogen-bond acceptors (Lipinski definition) is 4. The van der Waals surface area contributed by atoms with E-state index in [1.54, 1.807) is 0 Å². The summed E-state index contributed by atoms with van der Waals surface area (Å²) in [4.78, 5) is 22.5. The number of unbranched alkanes of at least 4 members (excludes halogenated alkanes) is 3. The number of esters is 1. The van der Waals surface area contributed by atoms with Crippen LogP contribution in [-0.4, -0.2) is 31.4 Å². The van der Waals surface area contributed by atoms with Gasteiger partial charge < -0.3 is 10.1 Å². The monoisotopic (exact) mass is 302 g/mol. The highest BCUT2D eigenvalue weighted by molar-refractivity contribution is 5.80. The lowest BCUT2D eigenvalue weighted by Crippen LogP contribution is -2.37. The van der Waals surface area contributed by atoms with Crippen molar-refractivity contribution in [2.45, 2.75) is 44.6 Å². The Morgan fingerprint density at radius 1 is 1.18 bits per heavy atom. The molecule has 22 heavy (non-hydrogen) atoms. The van der Waals surface area contributed by atoms with Crippen LogP contribution in [0.5, 0.6) is 0 Å². The minimum absolute atomic E-state index is 0.310. The van der Waals surface area contributed by atoms with Gasteiger partial charge in [0.1, 0.15) is 6.04 Å². The molecule has 0 bridgehead atoms. The third kappa shape index (κ3) is 5.26. The molecule has 4 nitrogen and oxygen atoms in total. The van der Waals surface area contributed by atoms with Crippen LogP contribution < -0.4 is 5.32 Å². The highest BCUT2D eigenvalue weighted by Crippen LogP contribution is 2.14. The van der Waals surface area contributed by atoms with Crippen molar-refractivity contribution in [3.8, 4) is 0 Å². The highest BCUT2D eigenvalue weighted by atomic mass is 16.5. The maximum Gasteiger partial charge on any atom is 0.323 e. The zero-order valence-electron chi connectivity index (χ0n) is 12.9. The van der Waals surface area contributed by atoms with Gasteiger partial charge in [-0.1, -0.05) is 43.2 Å². The number of ether oxygens (including phenoxy) is 1. The fourth-order valence-electron chi connectivity index (χ4n) is 2.77. The van der Waals surface area contributed by atoms with Crippen molar-refractivity contribution < 1.29 is 14.3 Å². The summed E-state index contributed by atoms with van der Waals surface area (Å²) < 4.78 is 5.24. The molecule has 1 N–H and O–H groups in total. The molecule has 2 atom stereocenters. The maximum absolute atomic E-state index is 11.8. The third-order valence-corrected chi connectivity index (χ3v) is 4.07. The van der Waals surface area contributed by atoms with Gasteiger partial charge in [-0.05, 0) is 37.8 Å². The average Bonchev–Trinajstić information content (AvgIpc) is 3.03. The van der Waals surface area contributed by atoms with Gasteiger partial charge in [0.25, 0.3) is 0 Å². The fourth-order valence-corrected chi connectivity index (χ4v) is 2.77. The van der Waals surface area contributed by atoms with E-state index < -0.39 is 6.04 Å². The standard InChI is InChI=1S/C18H24NO3/c20-14-16-11-12-19-17(16)18(21)22-13-7-2-1-4-8-15-9-5-3-6-10-15/h3,5-6,9-10,16-17,19H,1-2,4,7-8,11-13H2. The maximum atomic E-state index is 11.8. The van der Waals surface area contributed by atoms with Gasteiger partial charge in [-0.3, -0.25) is 9.59 Å². The fraction of sp³-hybridized carbons (Fsp3) is 0.556. The van der Waals surface area contributed by atoms with E-state index in [4.69, 9.17) is 4.74 Å². The average molecular weight is 302 g/mol. The second-order valence-electron chi connectivity index (χ2n) is 5.76. The second-order valence-corrected chi connectivity index (χ2v) is 5.76. The van der Waals surface area contributed by atoms with E-state index in [1.165, 1.54) is 5.56 Å². The first-order chi connectivity index (χ1) is 10.8. The molecule has 4 heteroatoms. The molecule has 0 aliphatic carbocycles. The lowest BCUT2D eigenvalue weighted by molar-refractivity contribution is -0.146. The van der Waals surface area contributed by atoms with Gasteiger partial charge in [-0.15, -0.1) is 0 Å². The van der Waals surface area contributed by atoms with Gasteiger partial charge in [0.05, 0.1) is 12.5 Å². The van der Waals surface area contributed by atoms with Crippen molar-refractivity contribution in [2.75, 3.05) is 13.2 Å². The van der Waals surface area contributed by atoms with Crippen molar-refractivity contribution in [3.05, 3.63) is 35.9 Å². The number of hydrogen-bond donors (Lipinski definition) is 1. The first-order valence-corrected chi connectivity index (χ1v) is 8.13. The van der Waals surface area contributed by atoms with Crippen molar-refractivity contribution in [1.29, 1.82) is 0 Å². The largest absolute Gasteiger partial charge is 0.465 e. The summed E-state index contributed by atoms with van der Waals surface area (Å²) in [5.41, 5.74) is 1.37. The molecule has 0 aromatic heterocycles. The SMILES string of the molecule is O=[C]C1CCNC1C(=O)OCCCCCCc1ccccc1. The normalized spacial score (nSPS) is 20.7. The van der Waals surface area contributed by atoms with Crippen LogP contribution >= 0.6 is 0 Å². The Labute approximate surface area is 132 Å². The molecule has 0 spiro atoms. The molecular formula is C18H24NO3. The van der Waals surface area contributed by atoms with E-state index in [0.29, 0.717) is 19.6 Å². The van der Waals surface area contributed by atoms with Crippen molar-refractivity contribution in [3.63, 3.8) is 0 Å². The van der Waals surface area contributed by atoms with Crippen molar-refractivity contribution >= 4 is 12.3 Å². The van der Waals surface area contributed by atoms with E-state index in [-0.39, 0.29) is 11.9 Å². The number of nitrogens with one attached hydrogen (secondary N) is 1. The Bertz CT molecular complexity index is 461. The number of benzene rings is 1. The molecule has 0 saturated carbocycles. The lowest BCUT2D eigenvalue weighted by Gasteiger charge is -2.13. The molecule has 0 amide bonds. The number of carbonyl (C=O) groups excluding carboxylic acids is 2. The first-order valence-electron chi connectivity index (χ1n) is 8.13. The Morgan fingerprint density at radius 2 is 1.95 bits per heavy atom. The summed E-state index contributed by atoms with van der Waals surface area (Å²) in [7, 11) is 0. The van der Waals surface area contributed by atoms with E-state index in [2.05, 4.69) is 29.6 Å².